The van der Waals surface area contributed by atoms with Crippen molar-refractivity contribution < 1.29 is 4.79 Å². The summed E-state index contributed by atoms with van der Waals surface area (Å²) >= 11 is 0. The van der Waals surface area contributed by atoms with Crippen LogP contribution >= 0.6 is 0 Å². The highest BCUT2D eigenvalue weighted by Crippen LogP contribution is 2.19. The zero-order valence-corrected chi connectivity index (χ0v) is 12.2. The molecule has 2 rings (SSSR count). The van der Waals surface area contributed by atoms with E-state index >= 15 is 0 Å². The van der Waals surface area contributed by atoms with Crippen molar-refractivity contribution in [2.75, 3.05) is 12.3 Å². The Labute approximate surface area is 120 Å². The lowest BCUT2D eigenvalue weighted by molar-refractivity contribution is 0.0950. The second kappa shape index (κ2) is 7.12. The molecule has 0 aromatic carbocycles. The van der Waals surface area contributed by atoms with Crippen molar-refractivity contribution in [1.29, 1.82) is 0 Å². The number of carbonyl (C=O) groups excluding carboxylic acids is 1. The van der Waals surface area contributed by atoms with Crippen LogP contribution < -0.4 is 11.1 Å². The fraction of sp³-hybridized carbons (Fsp3) is 0.600. The van der Waals surface area contributed by atoms with Gasteiger partial charge in [-0.05, 0) is 38.5 Å². The summed E-state index contributed by atoms with van der Waals surface area (Å²) in [4.78, 5) is 12.0. The van der Waals surface area contributed by atoms with Crippen molar-refractivity contribution >= 4 is 11.6 Å². The first-order chi connectivity index (χ1) is 9.72. The summed E-state index contributed by atoms with van der Waals surface area (Å²) in [7, 11) is 0. The van der Waals surface area contributed by atoms with Crippen molar-refractivity contribution in [1.82, 2.24) is 15.5 Å². The van der Waals surface area contributed by atoms with Crippen LogP contribution in [0, 0.1) is 0 Å². The lowest BCUT2D eigenvalue weighted by Gasteiger charge is -2.12. The third-order valence-electron chi connectivity index (χ3n) is 3.71. The van der Waals surface area contributed by atoms with Gasteiger partial charge in [0, 0.05) is 6.54 Å². The molecule has 0 radical (unpaired) electrons. The molecule has 0 spiro atoms. The van der Waals surface area contributed by atoms with Gasteiger partial charge in [-0.25, -0.2) is 0 Å². The molecule has 0 aliphatic heterocycles. The van der Waals surface area contributed by atoms with E-state index in [1.165, 1.54) is 31.3 Å². The number of hydrogen-bond acceptors (Lipinski definition) is 3. The molecule has 1 aromatic heterocycles. The minimum Gasteiger partial charge on any atom is -0.395 e. The van der Waals surface area contributed by atoms with Gasteiger partial charge in [-0.2, -0.15) is 5.10 Å². The predicted molar refractivity (Wildman–Crippen MR) is 80.5 cm³/mol. The molecular formula is C15H24N4O. The average molecular weight is 276 g/mol. The number of rotatable bonds is 6. The molecular weight excluding hydrogens is 252 g/mol. The molecule has 1 aliphatic rings. The number of allylic oxidation sites excluding steroid dienone is 1. The second-order valence-corrected chi connectivity index (χ2v) is 5.33. The van der Waals surface area contributed by atoms with Crippen molar-refractivity contribution in [2.45, 2.75) is 51.9 Å². The van der Waals surface area contributed by atoms with E-state index in [1.807, 2.05) is 0 Å². The van der Waals surface area contributed by atoms with E-state index in [4.69, 9.17) is 5.73 Å². The number of aromatic amines is 1. The molecule has 0 fully saturated rings. The molecule has 0 unspecified atom stereocenters. The number of hydrogen-bond donors (Lipinski definition) is 3. The van der Waals surface area contributed by atoms with Crippen LogP contribution in [-0.4, -0.2) is 22.6 Å². The number of carbonyl (C=O) groups is 1. The topological polar surface area (TPSA) is 83.8 Å². The molecule has 110 valence electrons. The molecule has 20 heavy (non-hydrogen) atoms. The van der Waals surface area contributed by atoms with E-state index in [-0.39, 0.29) is 5.91 Å². The monoisotopic (exact) mass is 276 g/mol. The van der Waals surface area contributed by atoms with Gasteiger partial charge in [0.1, 0.15) is 0 Å². The van der Waals surface area contributed by atoms with Gasteiger partial charge in [-0.3, -0.25) is 9.89 Å². The van der Waals surface area contributed by atoms with Gasteiger partial charge in [-0.15, -0.1) is 0 Å². The second-order valence-electron chi connectivity index (χ2n) is 5.33. The Kier molecular flexibility index (Phi) is 5.21. The van der Waals surface area contributed by atoms with Crippen LogP contribution in [-0.2, 0) is 6.42 Å². The van der Waals surface area contributed by atoms with Crippen LogP contribution in [0.1, 0.15) is 61.6 Å². The van der Waals surface area contributed by atoms with Crippen molar-refractivity contribution in [2.24, 2.45) is 0 Å². The maximum atomic E-state index is 12.0. The molecule has 1 aliphatic carbocycles. The van der Waals surface area contributed by atoms with Crippen LogP contribution in [0.4, 0.5) is 5.69 Å². The Morgan fingerprint density at radius 1 is 1.45 bits per heavy atom. The third kappa shape index (κ3) is 3.62. The van der Waals surface area contributed by atoms with Crippen molar-refractivity contribution in [3.05, 3.63) is 23.0 Å². The highest BCUT2D eigenvalue weighted by atomic mass is 16.1. The first-order valence-corrected chi connectivity index (χ1v) is 7.51. The summed E-state index contributed by atoms with van der Waals surface area (Å²) in [5.41, 5.74) is 9.06. The molecule has 1 heterocycles. The summed E-state index contributed by atoms with van der Waals surface area (Å²) in [5.74, 6) is -0.183. The number of H-pyrrole nitrogens is 1. The first-order valence-electron chi connectivity index (χ1n) is 7.51. The van der Waals surface area contributed by atoms with Gasteiger partial charge in [0.15, 0.2) is 5.69 Å². The SMILES string of the molecule is CCCc1[nH]nc(C(=O)NCCC2=CCCCC2)c1N. The quantitative estimate of drug-likeness (QED) is 0.698. The van der Waals surface area contributed by atoms with Crippen LogP contribution in [0.25, 0.3) is 0 Å². The molecule has 0 atom stereocenters. The van der Waals surface area contributed by atoms with Gasteiger partial charge in [-0.1, -0.05) is 25.0 Å². The Morgan fingerprint density at radius 3 is 3.00 bits per heavy atom. The van der Waals surface area contributed by atoms with Crippen LogP contribution in [0.2, 0.25) is 0 Å². The molecule has 1 amide bonds. The number of nitrogens with one attached hydrogen (secondary N) is 2. The van der Waals surface area contributed by atoms with E-state index in [0.717, 1.165) is 25.0 Å². The first kappa shape index (κ1) is 14.6. The number of nitrogens with two attached hydrogens (primary N) is 1. The van der Waals surface area contributed by atoms with E-state index in [2.05, 4.69) is 28.5 Å². The van der Waals surface area contributed by atoms with Gasteiger partial charge in [0.2, 0.25) is 0 Å². The minimum atomic E-state index is -0.183. The van der Waals surface area contributed by atoms with Gasteiger partial charge < -0.3 is 11.1 Å². The molecule has 5 nitrogen and oxygen atoms in total. The standard InChI is InChI=1S/C15H24N4O/c1-2-6-12-13(16)14(19-18-12)15(20)17-10-9-11-7-4-3-5-8-11/h7H,2-6,8-10,16H2,1H3,(H,17,20)(H,18,19). The summed E-state index contributed by atoms with van der Waals surface area (Å²) < 4.78 is 0. The summed E-state index contributed by atoms with van der Waals surface area (Å²) in [6.07, 6.45) is 9.93. The number of nitrogen functional groups attached to an aromatic ring is 1. The predicted octanol–water partition coefficient (Wildman–Crippen LogP) is 2.56. The lowest BCUT2D eigenvalue weighted by Crippen LogP contribution is -2.26. The molecule has 0 saturated carbocycles. The summed E-state index contributed by atoms with van der Waals surface area (Å²) in [6, 6.07) is 0. The molecule has 0 bridgehead atoms. The van der Waals surface area contributed by atoms with Gasteiger partial charge >= 0.3 is 0 Å². The zero-order chi connectivity index (χ0) is 14.4. The van der Waals surface area contributed by atoms with E-state index < -0.39 is 0 Å². The van der Waals surface area contributed by atoms with Crippen molar-refractivity contribution in [3.8, 4) is 0 Å². The number of aryl methyl sites for hydroxylation is 1. The van der Waals surface area contributed by atoms with Crippen molar-refractivity contribution in [3.63, 3.8) is 0 Å². The molecule has 4 N–H and O–H groups in total. The molecule has 1 aromatic rings. The number of nitrogens with zero attached hydrogens (tertiary/aromatic N) is 1. The Morgan fingerprint density at radius 2 is 2.30 bits per heavy atom. The number of aromatic nitrogens is 2. The largest absolute Gasteiger partial charge is 0.395 e. The zero-order valence-electron chi connectivity index (χ0n) is 12.2. The Balaban J connectivity index is 1.84. The summed E-state index contributed by atoms with van der Waals surface area (Å²) in [5, 5.41) is 9.77. The van der Waals surface area contributed by atoms with Gasteiger partial charge in [0.25, 0.3) is 5.91 Å². The highest BCUT2D eigenvalue weighted by Gasteiger charge is 2.16. The van der Waals surface area contributed by atoms with Crippen LogP contribution in [0.15, 0.2) is 11.6 Å². The van der Waals surface area contributed by atoms with E-state index in [1.54, 1.807) is 0 Å². The maximum Gasteiger partial charge on any atom is 0.273 e. The molecule has 5 heteroatoms. The van der Waals surface area contributed by atoms with Gasteiger partial charge in [0.05, 0.1) is 11.4 Å². The third-order valence-corrected chi connectivity index (χ3v) is 3.71. The fourth-order valence-corrected chi connectivity index (χ4v) is 2.55. The Hall–Kier alpha value is -1.78. The average Bonchev–Trinajstić information content (AvgIpc) is 2.82. The van der Waals surface area contributed by atoms with E-state index in [0.29, 0.717) is 17.9 Å². The normalized spacial score (nSPS) is 14.9. The Bertz CT molecular complexity index is 490. The maximum absolute atomic E-state index is 12.0. The minimum absolute atomic E-state index is 0.183. The van der Waals surface area contributed by atoms with Crippen LogP contribution in [0.5, 0.6) is 0 Å². The smallest absolute Gasteiger partial charge is 0.273 e. The number of amides is 1. The summed E-state index contributed by atoms with van der Waals surface area (Å²) in [6.45, 7) is 2.72. The highest BCUT2D eigenvalue weighted by molar-refractivity contribution is 5.97. The molecule has 0 saturated heterocycles. The van der Waals surface area contributed by atoms with E-state index in [9.17, 15) is 4.79 Å². The lowest BCUT2D eigenvalue weighted by atomic mass is 9.97. The van der Waals surface area contributed by atoms with Crippen LogP contribution in [0.3, 0.4) is 0 Å². The number of anilines is 1. The fourth-order valence-electron chi connectivity index (χ4n) is 2.55.